The fraction of sp³-hybridized carbons (Fsp3) is 0.571. The van der Waals surface area contributed by atoms with Gasteiger partial charge in [0.05, 0.1) is 11.7 Å². The van der Waals surface area contributed by atoms with E-state index in [-0.39, 0.29) is 29.8 Å². The second-order valence-corrected chi connectivity index (χ2v) is 8.91. The number of aromatic nitrogens is 3. The summed E-state index contributed by atoms with van der Waals surface area (Å²) in [5, 5.41) is 15.5. The summed E-state index contributed by atoms with van der Waals surface area (Å²) >= 11 is 0. The summed E-state index contributed by atoms with van der Waals surface area (Å²) in [6.07, 6.45) is -6.97. The number of nitrogens with zero attached hydrogens (tertiary/aromatic N) is 3. The van der Waals surface area contributed by atoms with E-state index in [1.54, 1.807) is 0 Å². The van der Waals surface area contributed by atoms with E-state index in [2.05, 4.69) is 25.6 Å². The Kier molecular flexibility index (Phi) is 6.79. The maximum atomic E-state index is 13.5. The van der Waals surface area contributed by atoms with Crippen LogP contribution in [0.25, 0.3) is 0 Å². The van der Waals surface area contributed by atoms with Crippen molar-refractivity contribution < 1.29 is 31.4 Å². The highest BCUT2D eigenvalue weighted by Crippen LogP contribution is 2.39. The summed E-state index contributed by atoms with van der Waals surface area (Å²) in [5.41, 5.74) is -2.46. The van der Waals surface area contributed by atoms with Crippen LogP contribution in [0.5, 0.6) is 0 Å². The Balaban J connectivity index is 1.84. The molecule has 0 aliphatic heterocycles. The Hall–Kier alpha value is -2.63. The van der Waals surface area contributed by atoms with E-state index < -0.39 is 40.8 Å². The Bertz CT molecular complexity index is 992. The second kappa shape index (κ2) is 8.96. The van der Waals surface area contributed by atoms with Crippen molar-refractivity contribution in [3.05, 3.63) is 40.8 Å². The van der Waals surface area contributed by atoms with E-state index in [4.69, 9.17) is 0 Å². The molecule has 0 radical (unpaired) electrons. The van der Waals surface area contributed by atoms with Crippen molar-refractivity contribution in [2.45, 2.75) is 71.1 Å². The first-order valence-corrected chi connectivity index (χ1v) is 10.3. The Labute approximate surface area is 186 Å². The van der Waals surface area contributed by atoms with Crippen LogP contribution in [0.3, 0.4) is 0 Å². The summed E-state index contributed by atoms with van der Waals surface area (Å²) in [7, 11) is 0. The van der Waals surface area contributed by atoms with Crippen molar-refractivity contribution in [1.82, 2.24) is 15.0 Å². The molecule has 2 atom stereocenters. The van der Waals surface area contributed by atoms with Crippen molar-refractivity contribution in [2.75, 3.05) is 10.6 Å². The number of halogens is 6. The second-order valence-electron chi connectivity index (χ2n) is 8.91. The molecule has 0 saturated heterocycles. The van der Waals surface area contributed by atoms with Crippen LogP contribution < -0.4 is 10.6 Å². The fourth-order valence-corrected chi connectivity index (χ4v) is 3.89. The molecule has 0 amide bonds. The number of aliphatic hydroxyl groups excluding tert-OH is 1. The maximum absolute atomic E-state index is 13.5. The number of alkyl halides is 6. The molecule has 3 N–H and O–H groups in total. The van der Waals surface area contributed by atoms with Crippen LogP contribution in [0.15, 0.2) is 18.5 Å². The Morgan fingerprint density at radius 3 is 2.30 bits per heavy atom. The molecule has 3 rings (SSSR count). The van der Waals surface area contributed by atoms with Gasteiger partial charge in [-0.2, -0.15) is 31.3 Å². The summed E-state index contributed by atoms with van der Waals surface area (Å²) in [6, 6.07) is 0.530. The highest BCUT2D eigenvalue weighted by atomic mass is 19.4. The smallest absolute Gasteiger partial charge is 0.393 e. The molecule has 0 spiro atoms. The molecule has 1 aliphatic rings. The highest BCUT2D eigenvalue weighted by Gasteiger charge is 2.39. The molecule has 6 nitrogen and oxygen atoms in total. The number of rotatable bonds is 5. The number of aryl methyl sites for hydroxylation is 1. The standard InChI is InChI=1S/C21H25F6N5O/c1-11-6-14(20(22,23)24)12(8-28-11)9-29-18-30-10-15(21(25,26)27)17(32-18)31-13-4-5-16(33)19(2,3)7-13/h6,8,10,13,16,33H,4-5,7,9H2,1-3H3,(H2,29,30,31,32)/t13-,16+/m1/s1. The number of pyridine rings is 1. The summed E-state index contributed by atoms with van der Waals surface area (Å²) < 4.78 is 80.5. The molecule has 0 unspecified atom stereocenters. The van der Waals surface area contributed by atoms with Crippen molar-refractivity contribution >= 4 is 11.8 Å². The molecule has 0 bridgehead atoms. The molecule has 33 heavy (non-hydrogen) atoms. The van der Waals surface area contributed by atoms with Gasteiger partial charge < -0.3 is 15.7 Å². The SMILES string of the molecule is Cc1cc(C(F)(F)F)c(CNc2ncc(C(F)(F)F)c(N[C@@H]3CC[C@H](O)C(C)(C)C3)n2)cn1. The Morgan fingerprint density at radius 1 is 1.03 bits per heavy atom. The van der Waals surface area contributed by atoms with E-state index in [0.29, 0.717) is 25.5 Å². The molecule has 1 aliphatic carbocycles. The molecule has 1 fully saturated rings. The molecule has 12 heteroatoms. The van der Waals surface area contributed by atoms with Crippen molar-refractivity contribution in [1.29, 1.82) is 0 Å². The first kappa shape index (κ1) is 25.0. The zero-order valence-electron chi connectivity index (χ0n) is 18.3. The van der Waals surface area contributed by atoms with Crippen LogP contribution in [-0.2, 0) is 18.9 Å². The van der Waals surface area contributed by atoms with Crippen molar-refractivity contribution in [3.8, 4) is 0 Å². The fourth-order valence-electron chi connectivity index (χ4n) is 3.89. The predicted octanol–water partition coefficient (Wildman–Crippen LogP) is 5.18. The van der Waals surface area contributed by atoms with Gasteiger partial charge in [0.2, 0.25) is 5.95 Å². The van der Waals surface area contributed by atoms with E-state index in [1.165, 1.54) is 6.92 Å². The van der Waals surface area contributed by atoms with Gasteiger partial charge in [-0.05, 0) is 37.7 Å². The predicted molar refractivity (Wildman–Crippen MR) is 109 cm³/mol. The lowest BCUT2D eigenvalue weighted by molar-refractivity contribution is -0.138. The number of aliphatic hydroxyl groups is 1. The third kappa shape index (κ3) is 6.04. The quantitative estimate of drug-likeness (QED) is 0.515. The maximum Gasteiger partial charge on any atom is 0.421 e. The monoisotopic (exact) mass is 477 g/mol. The van der Waals surface area contributed by atoms with E-state index in [1.807, 2.05) is 13.8 Å². The molecule has 2 aromatic heterocycles. The number of hydrogen-bond donors (Lipinski definition) is 3. The minimum Gasteiger partial charge on any atom is -0.393 e. The van der Waals surface area contributed by atoms with Crippen molar-refractivity contribution in [2.24, 2.45) is 5.41 Å². The number of nitrogens with one attached hydrogen (secondary N) is 2. The van der Waals surface area contributed by atoms with Gasteiger partial charge in [0.15, 0.2) is 0 Å². The Morgan fingerprint density at radius 2 is 1.70 bits per heavy atom. The van der Waals surface area contributed by atoms with Crippen LogP contribution in [0.4, 0.5) is 38.1 Å². The summed E-state index contributed by atoms with van der Waals surface area (Å²) in [6.45, 7) is 4.71. The van der Waals surface area contributed by atoms with Crippen LogP contribution in [0, 0.1) is 12.3 Å². The molecule has 0 aromatic carbocycles. The van der Waals surface area contributed by atoms with Gasteiger partial charge in [-0.15, -0.1) is 0 Å². The lowest BCUT2D eigenvalue weighted by Crippen LogP contribution is -2.41. The highest BCUT2D eigenvalue weighted by molar-refractivity contribution is 5.50. The van der Waals surface area contributed by atoms with E-state index in [0.717, 1.165) is 12.3 Å². The molecular weight excluding hydrogens is 452 g/mol. The summed E-state index contributed by atoms with van der Waals surface area (Å²) in [5.74, 6) is -0.718. The third-order valence-corrected chi connectivity index (χ3v) is 5.76. The van der Waals surface area contributed by atoms with Gasteiger partial charge in [-0.1, -0.05) is 13.8 Å². The molecule has 2 heterocycles. The first-order valence-electron chi connectivity index (χ1n) is 10.3. The number of hydrogen-bond acceptors (Lipinski definition) is 6. The van der Waals surface area contributed by atoms with Crippen LogP contribution >= 0.6 is 0 Å². The molecule has 2 aromatic rings. The zero-order valence-corrected chi connectivity index (χ0v) is 18.3. The molecular formula is C21H25F6N5O. The topological polar surface area (TPSA) is 83.0 Å². The molecule has 182 valence electrons. The molecule has 1 saturated carbocycles. The average molecular weight is 477 g/mol. The normalized spacial score (nSPS) is 21.0. The first-order chi connectivity index (χ1) is 15.2. The third-order valence-electron chi connectivity index (χ3n) is 5.76. The van der Waals surface area contributed by atoms with E-state index >= 15 is 0 Å². The minimum atomic E-state index is -4.73. The van der Waals surface area contributed by atoms with Crippen LogP contribution in [0.2, 0.25) is 0 Å². The lowest BCUT2D eigenvalue weighted by atomic mass is 9.73. The van der Waals surface area contributed by atoms with Crippen LogP contribution in [0.1, 0.15) is 55.5 Å². The van der Waals surface area contributed by atoms with Crippen molar-refractivity contribution in [3.63, 3.8) is 0 Å². The number of anilines is 2. The van der Waals surface area contributed by atoms with Gasteiger partial charge in [0.25, 0.3) is 0 Å². The average Bonchev–Trinajstić information content (AvgIpc) is 2.68. The van der Waals surface area contributed by atoms with Gasteiger partial charge in [0.1, 0.15) is 11.4 Å². The summed E-state index contributed by atoms with van der Waals surface area (Å²) in [4.78, 5) is 11.4. The lowest BCUT2D eigenvalue weighted by Gasteiger charge is -2.40. The zero-order chi connectivity index (χ0) is 24.6. The van der Waals surface area contributed by atoms with Gasteiger partial charge >= 0.3 is 12.4 Å². The minimum absolute atomic E-state index is 0.184. The van der Waals surface area contributed by atoms with Gasteiger partial charge in [0, 0.05) is 36.2 Å². The van der Waals surface area contributed by atoms with E-state index in [9.17, 15) is 31.4 Å². The van der Waals surface area contributed by atoms with Gasteiger partial charge in [-0.3, -0.25) is 4.98 Å². The van der Waals surface area contributed by atoms with Crippen LogP contribution in [-0.4, -0.2) is 32.2 Å². The largest absolute Gasteiger partial charge is 0.421 e. The van der Waals surface area contributed by atoms with Gasteiger partial charge in [-0.25, -0.2) is 4.98 Å².